The highest BCUT2D eigenvalue weighted by atomic mass is 35.5. The first-order chi connectivity index (χ1) is 9.76. The monoisotopic (exact) mass is 295 g/mol. The summed E-state index contributed by atoms with van der Waals surface area (Å²) in [5.41, 5.74) is 1.21. The molecule has 3 rings (SSSR count). The van der Waals surface area contributed by atoms with E-state index in [1.165, 1.54) is 31.2 Å². The van der Waals surface area contributed by atoms with Gasteiger partial charge in [-0.2, -0.15) is 0 Å². The van der Waals surface area contributed by atoms with Gasteiger partial charge in [0, 0.05) is 30.6 Å². The van der Waals surface area contributed by atoms with Crippen molar-refractivity contribution in [3.63, 3.8) is 0 Å². The first-order valence-corrected chi connectivity index (χ1v) is 7.94. The zero-order valence-electron chi connectivity index (χ0n) is 11.7. The van der Waals surface area contributed by atoms with E-state index < -0.39 is 0 Å². The Morgan fingerprint density at radius 1 is 1.30 bits per heavy atom. The molecule has 0 amide bonds. The molecule has 1 fully saturated rings. The molecule has 2 aliphatic rings. The lowest BCUT2D eigenvalue weighted by Crippen LogP contribution is -2.42. The van der Waals surface area contributed by atoms with Crippen LogP contribution in [-0.2, 0) is 6.42 Å². The molecule has 1 aromatic carbocycles. The van der Waals surface area contributed by atoms with Crippen LogP contribution >= 0.6 is 11.6 Å². The highest BCUT2D eigenvalue weighted by molar-refractivity contribution is 6.30. The van der Waals surface area contributed by atoms with Gasteiger partial charge in [-0.15, -0.1) is 0 Å². The maximum Gasteiger partial charge on any atom is 0.123 e. The van der Waals surface area contributed by atoms with Crippen molar-refractivity contribution < 1.29 is 9.84 Å². The van der Waals surface area contributed by atoms with Crippen LogP contribution in [0.3, 0.4) is 0 Å². The zero-order valence-corrected chi connectivity index (χ0v) is 12.5. The number of aliphatic hydroxyl groups is 1. The van der Waals surface area contributed by atoms with Gasteiger partial charge in [-0.1, -0.05) is 24.4 Å². The molecule has 0 spiro atoms. The standard InChI is InChI=1S/C16H22ClNO2/c17-13-5-6-16-12(9-13)10-15(20-16)11-18(7-8-19)14-3-1-2-4-14/h5-6,9,14-15,19H,1-4,7-8,10-11H2. The predicted molar refractivity (Wildman–Crippen MR) is 80.5 cm³/mol. The van der Waals surface area contributed by atoms with E-state index in [0.29, 0.717) is 6.04 Å². The molecule has 1 heterocycles. The lowest BCUT2D eigenvalue weighted by atomic mass is 10.1. The van der Waals surface area contributed by atoms with Crippen molar-refractivity contribution >= 4 is 11.6 Å². The van der Waals surface area contributed by atoms with Crippen molar-refractivity contribution in [3.8, 4) is 5.75 Å². The van der Waals surface area contributed by atoms with Gasteiger partial charge in [0.15, 0.2) is 0 Å². The fraction of sp³-hybridized carbons (Fsp3) is 0.625. The van der Waals surface area contributed by atoms with Crippen LogP contribution in [-0.4, -0.2) is 41.8 Å². The number of nitrogens with zero attached hydrogens (tertiary/aromatic N) is 1. The van der Waals surface area contributed by atoms with Crippen molar-refractivity contribution in [1.29, 1.82) is 0 Å². The average Bonchev–Trinajstić information content (AvgIpc) is 3.06. The zero-order chi connectivity index (χ0) is 13.9. The second-order valence-electron chi connectivity index (χ2n) is 5.85. The SMILES string of the molecule is OCCN(CC1Cc2cc(Cl)ccc2O1)C1CCCC1. The Bertz CT molecular complexity index is 460. The Balaban J connectivity index is 1.62. The molecule has 0 bridgehead atoms. The summed E-state index contributed by atoms with van der Waals surface area (Å²) in [6, 6.07) is 6.47. The van der Waals surface area contributed by atoms with Gasteiger partial charge in [-0.05, 0) is 36.6 Å². The third-order valence-corrected chi connectivity index (χ3v) is 4.67. The van der Waals surface area contributed by atoms with E-state index in [1.54, 1.807) is 0 Å². The van der Waals surface area contributed by atoms with Crippen LogP contribution in [0.15, 0.2) is 18.2 Å². The van der Waals surface area contributed by atoms with Gasteiger partial charge < -0.3 is 9.84 Å². The van der Waals surface area contributed by atoms with Gasteiger partial charge >= 0.3 is 0 Å². The second-order valence-corrected chi connectivity index (χ2v) is 6.29. The summed E-state index contributed by atoms with van der Waals surface area (Å²) in [7, 11) is 0. The topological polar surface area (TPSA) is 32.7 Å². The molecule has 1 atom stereocenters. The van der Waals surface area contributed by atoms with E-state index in [2.05, 4.69) is 4.90 Å². The number of hydrogen-bond donors (Lipinski definition) is 1. The number of ether oxygens (including phenoxy) is 1. The molecule has 0 saturated heterocycles. The number of halogens is 1. The second kappa shape index (κ2) is 6.33. The molecule has 3 nitrogen and oxygen atoms in total. The average molecular weight is 296 g/mol. The normalized spacial score (nSPS) is 22.2. The van der Waals surface area contributed by atoms with E-state index in [1.807, 2.05) is 18.2 Å². The largest absolute Gasteiger partial charge is 0.488 e. The molecule has 1 saturated carbocycles. The molecule has 1 N–H and O–H groups in total. The van der Waals surface area contributed by atoms with E-state index in [4.69, 9.17) is 16.3 Å². The minimum absolute atomic E-state index is 0.190. The number of benzene rings is 1. The first kappa shape index (κ1) is 14.2. The van der Waals surface area contributed by atoms with Crippen LogP contribution in [0.4, 0.5) is 0 Å². The van der Waals surface area contributed by atoms with E-state index in [0.717, 1.165) is 30.3 Å². The molecule has 4 heteroatoms. The third-order valence-electron chi connectivity index (χ3n) is 4.43. The number of aliphatic hydroxyl groups excluding tert-OH is 1. The summed E-state index contributed by atoms with van der Waals surface area (Å²) >= 11 is 6.03. The molecule has 1 unspecified atom stereocenters. The molecular formula is C16H22ClNO2. The highest BCUT2D eigenvalue weighted by Crippen LogP contribution is 2.32. The van der Waals surface area contributed by atoms with Crippen molar-refractivity contribution in [1.82, 2.24) is 4.90 Å². The summed E-state index contributed by atoms with van der Waals surface area (Å²) in [4.78, 5) is 2.41. The maximum absolute atomic E-state index is 9.28. The molecule has 1 aliphatic heterocycles. The fourth-order valence-corrected chi connectivity index (χ4v) is 3.67. The predicted octanol–water partition coefficient (Wildman–Crippen LogP) is 2.88. The molecular weight excluding hydrogens is 274 g/mol. The quantitative estimate of drug-likeness (QED) is 0.907. The van der Waals surface area contributed by atoms with Crippen LogP contribution in [0.2, 0.25) is 5.02 Å². The lowest BCUT2D eigenvalue weighted by Gasteiger charge is -2.30. The van der Waals surface area contributed by atoms with Crippen LogP contribution in [0.1, 0.15) is 31.2 Å². The summed E-state index contributed by atoms with van der Waals surface area (Å²) in [6.45, 7) is 1.88. The van der Waals surface area contributed by atoms with E-state index in [-0.39, 0.29) is 12.7 Å². The van der Waals surface area contributed by atoms with Gasteiger partial charge in [-0.3, -0.25) is 4.90 Å². The number of fused-ring (bicyclic) bond motifs is 1. The Kier molecular flexibility index (Phi) is 4.49. The van der Waals surface area contributed by atoms with Crippen molar-refractivity contribution in [2.45, 2.75) is 44.2 Å². The van der Waals surface area contributed by atoms with Crippen molar-refractivity contribution in [3.05, 3.63) is 28.8 Å². The van der Waals surface area contributed by atoms with Gasteiger partial charge in [0.05, 0.1) is 6.61 Å². The van der Waals surface area contributed by atoms with Crippen molar-refractivity contribution in [2.24, 2.45) is 0 Å². The highest BCUT2D eigenvalue weighted by Gasteiger charge is 2.29. The molecule has 110 valence electrons. The molecule has 0 aromatic heterocycles. The Labute approximate surface area is 125 Å². The summed E-state index contributed by atoms with van der Waals surface area (Å²) in [5.74, 6) is 0.967. The van der Waals surface area contributed by atoms with E-state index >= 15 is 0 Å². The van der Waals surface area contributed by atoms with Crippen LogP contribution < -0.4 is 4.74 Å². The van der Waals surface area contributed by atoms with Crippen LogP contribution in [0.25, 0.3) is 0 Å². The van der Waals surface area contributed by atoms with Gasteiger partial charge in [0.25, 0.3) is 0 Å². The van der Waals surface area contributed by atoms with Gasteiger partial charge in [-0.25, -0.2) is 0 Å². The molecule has 20 heavy (non-hydrogen) atoms. The summed E-state index contributed by atoms with van der Waals surface area (Å²) in [6.07, 6.45) is 6.25. The Morgan fingerprint density at radius 3 is 2.85 bits per heavy atom. The van der Waals surface area contributed by atoms with Crippen molar-refractivity contribution in [2.75, 3.05) is 19.7 Å². The smallest absolute Gasteiger partial charge is 0.123 e. The first-order valence-electron chi connectivity index (χ1n) is 7.56. The van der Waals surface area contributed by atoms with Crippen LogP contribution in [0, 0.1) is 0 Å². The Hall–Kier alpha value is -0.770. The van der Waals surface area contributed by atoms with Gasteiger partial charge in [0.2, 0.25) is 0 Å². The van der Waals surface area contributed by atoms with Gasteiger partial charge in [0.1, 0.15) is 11.9 Å². The minimum Gasteiger partial charge on any atom is -0.488 e. The van der Waals surface area contributed by atoms with E-state index in [9.17, 15) is 5.11 Å². The van der Waals surface area contributed by atoms with Crippen LogP contribution in [0.5, 0.6) is 5.75 Å². The molecule has 1 aromatic rings. The molecule has 1 aliphatic carbocycles. The number of hydrogen-bond acceptors (Lipinski definition) is 3. The maximum atomic E-state index is 9.28. The Morgan fingerprint density at radius 2 is 2.10 bits per heavy atom. The summed E-state index contributed by atoms with van der Waals surface area (Å²) in [5, 5.41) is 10.1. The third kappa shape index (κ3) is 3.11. The lowest BCUT2D eigenvalue weighted by molar-refractivity contribution is 0.0975. The molecule has 0 radical (unpaired) electrons. The summed E-state index contributed by atoms with van der Waals surface area (Å²) < 4.78 is 6.02. The number of rotatable bonds is 5. The fourth-order valence-electron chi connectivity index (χ4n) is 3.47. The minimum atomic E-state index is 0.190.